The number of hydrogen-bond donors (Lipinski definition) is 2. The number of carbonyl (C=O) groups excluding carboxylic acids is 1. The monoisotopic (exact) mass is 415 g/mol. The lowest BCUT2D eigenvalue weighted by Gasteiger charge is -2.32. The van der Waals surface area contributed by atoms with Crippen molar-refractivity contribution in [1.29, 1.82) is 0 Å². The summed E-state index contributed by atoms with van der Waals surface area (Å²) in [7, 11) is 0. The number of benzene rings is 2. The predicted molar refractivity (Wildman–Crippen MR) is 116 cm³/mol. The van der Waals surface area contributed by atoms with Gasteiger partial charge in [-0.05, 0) is 61.7 Å². The number of aromatic amines is 1. The fourth-order valence-corrected chi connectivity index (χ4v) is 4.18. The van der Waals surface area contributed by atoms with E-state index in [9.17, 15) is 4.79 Å². The van der Waals surface area contributed by atoms with Crippen molar-refractivity contribution in [3.8, 4) is 0 Å². The van der Waals surface area contributed by atoms with Gasteiger partial charge in [0.25, 0.3) is 5.91 Å². The summed E-state index contributed by atoms with van der Waals surface area (Å²) in [6, 6.07) is 15.8. The molecule has 1 saturated heterocycles. The second-order valence-electron chi connectivity index (χ2n) is 7.32. The van der Waals surface area contributed by atoms with Gasteiger partial charge in [0.05, 0.1) is 10.0 Å². The molecule has 6 heteroatoms. The first-order chi connectivity index (χ1) is 13.6. The van der Waals surface area contributed by atoms with Crippen LogP contribution in [0, 0.1) is 0 Å². The molecule has 0 aliphatic carbocycles. The average molecular weight is 416 g/mol. The Balaban J connectivity index is 1.24. The molecule has 0 atom stereocenters. The lowest BCUT2D eigenvalue weighted by atomic mass is 9.89. The molecular formula is C22H23Cl2N3O. The zero-order chi connectivity index (χ0) is 19.5. The van der Waals surface area contributed by atoms with Gasteiger partial charge in [-0.3, -0.25) is 4.79 Å². The second kappa shape index (κ2) is 8.56. The normalized spacial score (nSPS) is 15.8. The molecule has 1 fully saturated rings. The lowest BCUT2D eigenvalue weighted by molar-refractivity contribution is 0.0941. The Hall–Kier alpha value is -2.01. The Morgan fingerprint density at radius 1 is 1.07 bits per heavy atom. The summed E-state index contributed by atoms with van der Waals surface area (Å²) in [5, 5.41) is 5.30. The molecule has 0 unspecified atom stereocenters. The van der Waals surface area contributed by atoms with Gasteiger partial charge in [-0.25, -0.2) is 0 Å². The summed E-state index contributed by atoms with van der Waals surface area (Å²) in [6.07, 6.45) is 2.18. The summed E-state index contributed by atoms with van der Waals surface area (Å²) < 4.78 is 0. The summed E-state index contributed by atoms with van der Waals surface area (Å²) in [5.41, 5.74) is 2.86. The van der Waals surface area contributed by atoms with Crippen molar-refractivity contribution in [3.63, 3.8) is 0 Å². The molecule has 2 aromatic carbocycles. The van der Waals surface area contributed by atoms with Crippen molar-refractivity contribution in [3.05, 3.63) is 69.8 Å². The van der Waals surface area contributed by atoms with E-state index in [0.717, 1.165) is 43.4 Å². The van der Waals surface area contributed by atoms with Crippen LogP contribution in [-0.4, -0.2) is 42.0 Å². The summed E-state index contributed by atoms with van der Waals surface area (Å²) >= 11 is 12.2. The molecule has 3 aromatic rings. The number of aromatic nitrogens is 1. The largest absolute Gasteiger partial charge is 0.351 e. The van der Waals surface area contributed by atoms with Gasteiger partial charge in [0.2, 0.25) is 0 Å². The molecule has 2 heterocycles. The van der Waals surface area contributed by atoms with Crippen LogP contribution in [0.4, 0.5) is 0 Å². The first kappa shape index (κ1) is 19.3. The average Bonchev–Trinajstić information content (AvgIpc) is 3.15. The van der Waals surface area contributed by atoms with E-state index in [0.29, 0.717) is 28.2 Å². The fourth-order valence-electron chi connectivity index (χ4n) is 3.87. The Labute approximate surface area is 174 Å². The third-order valence-corrected chi connectivity index (χ3v) is 6.23. The maximum absolute atomic E-state index is 12.4. The molecule has 1 aromatic heterocycles. The van der Waals surface area contributed by atoms with E-state index in [1.807, 2.05) is 42.5 Å². The van der Waals surface area contributed by atoms with Gasteiger partial charge in [0.1, 0.15) is 5.69 Å². The highest BCUT2D eigenvalue weighted by molar-refractivity contribution is 6.42. The number of nitrogens with one attached hydrogen (secondary N) is 2. The van der Waals surface area contributed by atoms with Crippen molar-refractivity contribution < 1.29 is 4.79 Å². The second-order valence-corrected chi connectivity index (χ2v) is 8.13. The summed E-state index contributed by atoms with van der Waals surface area (Å²) in [6.45, 7) is 3.55. The van der Waals surface area contributed by atoms with Gasteiger partial charge >= 0.3 is 0 Å². The number of nitrogens with zero attached hydrogens (tertiary/aromatic N) is 1. The molecule has 0 spiro atoms. The molecule has 4 rings (SSSR count). The van der Waals surface area contributed by atoms with E-state index in [-0.39, 0.29) is 5.91 Å². The molecule has 28 heavy (non-hydrogen) atoms. The first-order valence-corrected chi connectivity index (χ1v) is 10.4. The third-order valence-electron chi connectivity index (χ3n) is 5.49. The van der Waals surface area contributed by atoms with Crippen LogP contribution in [0.25, 0.3) is 10.9 Å². The van der Waals surface area contributed by atoms with E-state index < -0.39 is 0 Å². The van der Waals surface area contributed by atoms with E-state index in [2.05, 4.69) is 21.3 Å². The number of halogens is 2. The lowest BCUT2D eigenvalue weighted by Crippen LogP contribution is -2.39. The minimum atomic E-state index is -0.0538. The van der Waals surface area contributed by atoms with Gasteiger partial charge in [-0.15, -0.1) is 0 Å². The van der Waals surface area contributed by atoms with E-state index in [4.69, 9.17) is 23.2 Å². The molecule has 1 amide bonds. The van der Waals surface area contributed by atoms with Crippen LogP contribution in [0.2, 0.25) is 10.0 Å². The Bertz CT molecular complexity index is 944. The molecule has 146 valence electrons. The summed E-state index contributed by atoms with van der Waals surface area (Å²) in [4.78, 5) is 17.9. The van der Waals surface area contributed by atoms with Gasteiger partial charge in [0.15, 0.2) is 0 Å². The number of fused-ring (bicyclic) bond motifs is 1. The minimum Gasteiger partial charge on any atom is -0.351 e. The van der Waals surface area contributed by atoms with Crippen LogP contribution in [0.5, 0.6) is 0 Å². The topological polar surface area (TPSA) is 48.1 Å². The van der Waals surface area contributed by atoms with Gasteiger partial charge in [0, 0.05) is 24.0 Å². The molecule has 0 radical (unpaired) electrons. The van der Waals surface area contributed by atoms with E-state index >= 15 is 0 Å². The molecule has 2 N–H and O–H groups in total. The standard InChI is InChI=1S/C22H23Cl2N3O/c23-18-6-5-16(13-19(18)24)15-7-10-27(11-8-15)12-9-25-22(28)21-14-17-3-1-2-4-20(17)26-21/h1-6,13-15,26H,7-12H2,(H,25,28). The smallest absolute Gasteiger partial charge is 0.267 e. The molecule has 0 bridgehead atoms. The van der Waals surface area contributed by atoms with Crippen molar-refractivity contribution in [2.45, 2.75) is 18.8 Å². The molecule has 1 aliphatic heterocycles. The van der Waals surface area contributed by atoms with Gasteiger partial charge in [-0.2, -0.15) is 0 Å². The zero-order valence-corrected chi connectivity index (χ0v) is 17.1. The highest BCUT2D eigenvalue weighted by Crippen LogP contribution is 2.32. The quantitative estimate of drug-likeness (QED) is 0.609. The predicted octanol–water partition coefficient (Wildman–Crippen LogP) is 5.08. The number of hydrogen-bond acceptors (Lipinski definition) is 2. The van der Waals surface area contributed by atoms with E-state index in [1.54, 1.807) is 0 Å². The third kappa shape index (κ3) is 4.35. The minimum absolute atomic E-state index is 0.0538. The van der Waals surface area contributed by atoms with Gasteiger partial charge in [-0.1, -0.05) is 47.5 Å². The number of carbonyl (C=O) groups is 1. The maximum Gasteiger partial charge on any atom is 0.267 e. The van der Waals surface area contributed by atoms with Crippen LogP contribution in [0.15, 0.2) is 48.5 Å². The molecule has 4 nitrogen and oxygen atoms in total. The number of H-pyrrole nitrogens is 1. The number of likely N-dealkylation sites (tertiary alicyclic amines) is 1. The fraction of sp³-hybridized carbons (Fsp3) is 0.318. The van der Waals surface area contributed by atoms with Gasteiger partial charge < -0.3 is 15.2 Å². The molecular weight excluding hydrogens is 393 g/mol. The van der Waals surface area contributed by atoms with Crippen molar-refractivity contribution in [1.82, 2.24) is 15.2 Å². The number of piperidine rings is 1. The highest BCUT2D eigenvalue weighted by Gasteiger charge is 2.21. The van der Waals surface area contributed by atoms with Crippen LogP contribution >= 0.6 is 23.2 Å². The molecule has 1 aliphatic rings. The Morgan fingerprint density at radius 2 is 1.86 bits per heavy atom. The number of amides is 1. The van der Waals surface area contributed by atoms with Crippen LogP contribution in [-0.2, 0) is 0 Å². The maximum atomic E-state index is 12.4. The number of rotatable bonds is 5. The van der Waals surface area contributed by atoms with Crippen LogP contribution < -0.4 is 5.32 Å². The SMILES string of the molecule is O=C(NCCN1CCC(c2ccc(Cl)c(Cl)c2)CC1)c1cc2ccccc2[nH]1. The van der Waals surface area contributed by atoms with Crippen LogP contribution in [0.1, 0.15) is 34.8 Å². The summed E-state index contributed by atoms with van der Waals surface area (Å²) in [5.74, 6) is 0.467. The number of para-hydroxylation sites is 1. The highest BCUT2D eigenvalue weighted by atomic mass is 35.5. The first-order valence-electron chi connectivity index (χ1n) is 9.63. The van der Waals surface area contributed by atoms with E-state index in [1.165, 1.54) is 5.56 Å². The zero-order valence-electron chi connectivity index (χ0n) is 15.6. The van der Waals surface area contributed by atoms with Crippen LogP contribution in [0.3, 0.4) is 0 Å². The van der Waals surface area contributed by atoms with Crippen molar-refractivity contribution in [2.24, 2.45) is 0 Å². The van der Waals surface area contributed by atoms with Crippen molar-refractivity contribution >= 4 is 40.0 Å². The van der Waals surface area contributed by atoms with Crippen molar-refractivity contribution in [2.75, 3.05) is 26.2 Å². The molecule has 0 saturated carbocycles. The Kier molecular flexibility index (Phi) is 5.90. The Morgan fingerprint density at radius 3 is 2.61 bits per heavy atom.